The van der Waals surface area contributed by atoms with E-state index in [4.69, 9.17) is 0 Å². The molecule has 1 fully saturated rings. The van der Waals surface area contributed by atoms with Gasteiger partial charge in [0, 0.05) is 6.54 Å². The fourth-order valence-electron chi connectivity index (χ4n) is 2.82. The number of carbonyl (C=O) groups excluding carboxylic acids is 1. The van der Waals surface area contributed by atoms with Gasteiger partial charge in [-0.25, -0.2) is 0 Å². The molecule has 1 amide bonds. The molecule has 1 aliphatic heterocycles. The Bertz CT molecular complexity index is 504. The van der Waals surface area contributed by atoms with Crippen molar-refractivity contribution in [2.24, 2.45) is 5.41 Å². The minimum Gasteiger partial charge on any atom is -0.322 e. The van der Waals surface area contributed by atoms with Crippen molar-refractivity contribution in [1.82, 2.24) is 10.2 Å². The molecule has 0 aromatic heterocycles. The van der Waals surface area contributed by atoms with E-state index in [1.807, 2.05) is 11.0 Å². The molecule has 2 rings (SSSR count). The van der Waals surface area contributed by atoms with Gasteiger partial charge in [-0.3, -0.25) is 10.1 Å². The van der Waals surface area contributed by atoms with E-state index < -0.39 is 0 Å². The second kappa shape index (κ2) is 6.18. The maximum absolute atomic E-state index is 12.6. The summed E-state index contributed by atoms with van der Waals surface area (Å²) in [4.78, 5) is 14.6. The zero-order valence-corrected chi connectivity index (χ0v) is 13.9. The van der Waals surface area contributed by atoms with Crippen molar-refractivity contribution in [3.63, 3.8) is 0 Å². The van der Waals surface area contributed by atoms with Crippen molar-refractivity contribution < 1.29 is 4.79 Å². The van der Waals surface area contributed by atoms with Gasteiger partial charge < -0.3 is 4.90 Å². The molecule has 0 radical (unpaired) electrons. The van der Waals surface area contributed by atoms with Crippen LogP contribution < -0.4 is 5.32 Å². The van der Waals surface area contributed by atoms with Gasteiger partial charge >= 0.3 is 0 Å². The van der Waals surface area contributed by atoms with E-state index in [1.165, 1.54) is 11.1 Å². The molecule has 1 aliphatic rings. The van der Waals surface area contributed by atoms with Gasteiger partial charge in [0.2, 0.25) is 5.91 Å². The summed E-state index contributed by atoms with van der Waals surface area (Å²) < 4.78 is 0. The van der Waals surface area contributed by atoms with Gasteiger partial charge in [0.1, 0.15) is 6.17 Å². The van der Waals surface area contributed by atoms with Crippen LogP contribution in [0.3, 0.4) is 0 Å². The molecule has 1 aromatic rings. The second-order valence-corrected chi connectivity index (χ2v) is 7.23. The van der Waals surface area contributed by atoms with Crippen molar-refractivity contribution >= 4 is 5.91 Å². The van der Waals surface area contributed by atoms with Gasteiger partial charge in [-0.05, 0) is 36.3 Å². The highest BCUT2D eigenvalue weighted by Gasteiger charge is 2.39. The molecule has 1 aromatic carbocycles. The van der Waals surface area contributed by atoms with Gasteiger partial charge in [0.05, 0.1) is 6.04 Å². The van der Waals surface area contributed by atoms with E-state index in [2.05, 4.69) is 58.1 Å². The Balaban J connectivity index is 2.24. The van der Waals surface area contributed by atoms with E-state index in [9.17, 15) is 4.79 Å². The second-order valence-electron chi connectivity index (χ2n) is 7.23. The van der Waals surface area contributed by atoms with Gasteiger partial charge in [-0.2, -0.15) is 0 Å². The summed E-state index contributed by atoms with van der Waals surface area (Å²) >= 11 is 0. The first-order valence-electron chi connectivity index (χ1n) is 7.95. The molecule has 1 N–H and O–H groups in total. The number of benzene rings is 1. The van der Waals surface area contributed by atoms with Crippen LogP contribution in [0.25, 0.3) is 0 Å². The first kappa shape index (κ1) is 16.0. The summed E-state index contributed by atoms with van der Waals surface area (Å²) in [7, 11) is 0. The zero-order valence-electron chi connectivity index (χ0n) is 13.9. The average Bonchev–Trinajstić information content (AvgIpc) is 2.72. The molecular formula is C18H28N2O. The smallest absolute Gasteiger partial charge is 0.241 e. The van der Waals surface area contributed by atoms with Crippen LogP contribution in [0.1, 0.15) is 57.8 Å². The molecule has 116 valence electrons. The highest BCUT2D eigenvalue weighted by atomic mass is 16.2. The number of nitrogens with one attached hydrogen (secondary N) is 1. The Morgan fingerprint density at radius 1 is 1.24 bits per heavy atom. The van der Waals surface area contributed by atoms with Crippen molar-refractivity contribution in [3.8, 4) is 0 Å². The number of hydrogen-bond acceptors (Lipinski definition) is 2. The van der Waals surface area contributed by atoms with Crippen LogP contribution in [0.15, 0.2) is 24.3 Å². The molecular weight excluding hydrogens is 260 g/mol. The largest absolute Gasteiger partial charge is 0.322 e. The third-order valence-electron chi connectivity index (χ3n) is 4.25. The lowest BCUT2D eigenvalue weighted by molar-refractivity contribution is -0.130. The molecule has 0 bridgehead atoms. The molecule has 2 unspecified atom stereocenters. The minimum absolute atomic E-state index is 0.0194. The first-order valence-corrected chi connectivity index (χ1v) is 7.95. The Labute approximate surface area is 128 Å². The van der Waals surface area contributed by atoms with Gasteiger partial charge in [-0.1, -0.05) is 52.0 Å². The number of carbonyl (C=O) groups is 1. The Kier molecular flexibility index (Phi) is 4.72. The van der Waals surface area contributed by atoms with E-state index in [0.29, 0.717) is 0 Å². The molecule has 1 saturated heterocycles. The van der Waals surface area contributed by atoms with E-state index >= 15 is 0 Å². The summed E-state index contributed by atoms with van der Waals surface area (Å²) in [6, 6.07) is 8.29. The molecule has 2 atom stereocenters. The lowest BCUT2D eigenvalue weighted by Crippen LogP contribution is -2.33. The lowest BCUT2D eigenvalue weighted by atomic mass is 9.92. The fourth-order valence-corrected chi connectivity index (χ4v) is 2.82. The maximum atomic E-state index is 12.6. The number of aryl methyl sites for hydroxylation is 1. The molecule has 3 nitrogen and oxygen atoms in total. The van der Waals surface area contributed by atoms with Crippen LogP contribution in [0, 0.1) is 12.3 Å². The maximum Gasteiger partial charge on any atom is 0.241 e. The number of hydrogen-bond donors (Lipinski definition) is 1. The predicted molar refractivity (Wildman–Crippen MR) is 86.9 cm³/mol. The molecule has 0 spiro atoms. The Morgan fingerprint density at radius 2 is 1.90 bits per heavy atom. The molecule has 0 saturated carbocycles. The predicted octanol–water partition coefficient (Wildman–Crippen LogP) is 3.64. The average molecular weight is 288 g/mol. The van der Waals surface area contributed by atoms with Crippen LogP contribution in [-0.4, -0.2) is 23.4 Å². The van der Waals surface area contributed by atoms with Gasteiger partial charge in [-0.15, -0.1) is 0 Å². The molecule has 0 aliphatic carbocycles. The zero-order chi connectivity index (χ0) is 15.6. The van der Waals surface area contributed by atoms with Crippen LogP contribution in [0.4, 0.5) is 0 Å². The first-order chi connectivity index (χ1) is 9.83. The molecule has 21 heavy (non-hydrogen) atoms. The third-order valence-corrected chi connectivity index (χ3v) is 4.25. The van der Waals surface area contributed by atoms with Gasteiger partial charge in [0.15, 0.2) is 0 Å². The van der Waals surface area contributed by atoms with E-state index in [-0.39, 0.29) is 23.5 Å². The van der Waals surface area contributed by atoms with Crippen LogP contribution >= 0.6 is 0 Å². The summed E-state index contributed by atoms with van der Waals surface area (Å²) in [6.45, 7) is 11.7. The number of nitrogens with zero attached hydrogens (tertiary/aromatic N) is 1. The fraction of sp³-hybridized carbons (Fsp3) is 0.611. The van der Waals surface area contributed by atoms with Crippen molar-refractivity contribution in [2.45, 2.75) is 59.7 Å². The van der Waals surface area contributed by atoms with Crippen molar-refractivity contribution in [1.29, 1.82) is 0 Å². The van der Waals surface area contributed by atoms with Gasteiger partial charge in [0.25, 0.3) is 0 Å². The standard InChI is InChI=1S/C18H28N2O/c1-6-15-17(21)20(12-11-18(3,4)5)16(19-15)14-10-8-7-9-13(14)2/h7-10,15-16,19H,6,11-12H2,1-5H3. The van der Waals surface area contributed by atoms with Crippen molar-refractivity contribution in [3.05, 3.63) is 35.4 Å². The summed E-state index contributed by atoms with van der Waals surface area (Å²) in [5.74, 6) is 0.245. The summed E-state index contributed by atoms with van der Waals surface area (Å²) in [5.41, 5.74) is 2.69. The van der Waals surface area contributed by atoms with Crippen molar-refractivity contribution in [2.75, 3.05) is 6.54 Å². The molecule has 1 heterocycles. The quantitative estimate of drug-likeness (QED) is 0.917. The Morgan fingerprint density at radius 3 is 2.48 bits per heavy atom. The lowest BCUT2D eigenvalue weighted by Gasteiger charge is -2.29. The van der Waals surface area contributed by atoms with Crippen LogP contribution in [0.2, 0.25) is 0 Å². The van der Waals surface area contributed by atoms with E-state index in [1.54, 1.807) is 0 Å². The third kappa shape index (κ3) is 3.65. The SMILES string of the molecule is CCC1NC(c2ccccc2C)N(CCC(C)(C)C)C1=O. The summed E-state index contributed by atoms with van der Waals surface area (Å²) in [5, 5.41) is 3.51. The van der Waals surface area contributed by atoms with E-state index in [0.717, 1.165) is 19.4 Å². The minimum atomic E-state index is -0.0467. The topological polar surface area (TPSA) is 32.3 Å². The number of rotatable bonds is 4. The monoisotopic (exact) mass is 288 g/mol. The highest BCUT2D eigenvalue weighted by molar-refractivity contribution is 5.84. The normalized spacial score (nSPS) is 22.9. The highest BCUT2D eigenvalue weighted by Crippen LogP contribution is 2.30. The van der Waals surface area contributed by atoms with Crippen LogP contribution in [-0.2, 0) is 4.79 Å². The molecule has 3 heteroatoms. The van der Waals surface area contributed by atoms with Crippen LogP contribution in [0.5, 0.6) is 0 Å². The summed E-state index contributed by atoms with van der Waals surface area (Å²) in [6.07, 6.45) is 1.87. The number of amides is 1. The Hall–Kier alpha value is -1.35.